The number of aromatic nitrogens is 1. The first-order chi connectivity index (χ1) is 19.9. The summed E-state index contributed by atoms with van der Waals surface area (Å²) in [5, 5.41) is 0.324. The molecule has 0 unspecified atom stereocenters. The highest BCUT2D eigenvalue weighted by atomic mass is 35.5. The first kappa shape index (κ1) is 31.2. The van der Waals surface area contributed by atoms with Gasteiger partial charge in [0.1, 0.15) is 17.2 Å². The summed E-state index contributed by atoms with van der Waals surface area (Å²) in [5.41, 5.74) is 7.48. The summed E-state index contributed by atoms with van der Waals surface area (Å²) in [6.45, 7) is 7.14. The summed E-state index contributed by atoms with van der Waals surface area (Å²) < 4.78 is 30.7. The van der Waals surface area contributed by atoms with Gasteiger partial charge >= 0.3 is 6.09 Å². The monoisotopic (exact) mass is 618 g/mol. The SMILES string of the molecule is CC(C)(C)OC(=O)N1CCN(C(=O)COc2ccc(-c3cnc(N)c(OCCc4c(Cl)ccc(F)c4Cl)c3)cc2)CC1. The zero-order valence-electron chi connectivity index (χ0n) is 23.7. The van der Waals surface area contributed by atoms with Crippen LogP contribution in [0.3, 0.4) is 0 Å². The summed E-state index contributed by atoms with van der Waals surface area (Å²) >= 11 is 12.2. The van der Waals surface area contributed by atoms with Crippen molar-refractivity contribution >= 4 is 41.0 Å². The lowest BCUT2D eigenvalue weighted by Crippen LogP contribution is -2.52. The summed E-state index contributed by atoms with van der Waals surface area (Å²) in [4.78, 5) is 32.4. The zero-order valence-corrected chi connectivity index (χ0v) is 25.2. The third-order valence-electron chi connectivity index (χ3n) is 6.46. The largest absolute Gasteiger partial charge is 0.489 e. The van der Waals surface area contributed by atoms with E-state index in [2.05, 4.69) is 4.98 Å². The highest BCUT2D eigenvalue weighted by Crippen LogP contribution is 2.30. The van der Waals surface area contributed by atoms with Crippen molar-refractivity contribution in [1.29, 1.82) is 0 Å². The van der Waals surface area contributed by atoms with E-state index in [0.717, 1.165) is 11.1 Å². The molecule has 0 radical (unpaired) electrons. The van der Waals surface area contributed by atoms with Crippen LogP contribution in [0.25, 0.3) is 11.1 Å². The quantitative estimate of drug-likeness (QED) is 0.315. The van der Waals surface area contributed by atoms with Crippen molar-refractivity contribution in [3.63, 3.8) is 0 Å². The van der Waals surface area contributed by atoms with Crippen LogP contribution in [-0.2, 0) is 16.0 Å². The van der Waals surface area contributed by atoms with Crippen LogP contribution in [0.15, 0.2) is 48.7 Å². The van der Waals surface area contributed by atoms with Crippen molar-refractivity contribution in [2.75, 3.05) is 45.1 Å². The molecule has 0 spiro atoms. The van der Waals surface area contributed by atoms with Crippen LogP contribution in [-0.4, -0.2) is 71.8 Å². The molecule has 1 aromatic heterocycles. The Balaban J connectivity index is 1.28. The second kappa shape index (κ2) is 13.5. The van der Waals surface area contributed by atoms with Gasteiger partial charge in [0.25, 0.3) is 5.91 Å². The number of rotatable bonds is 8. The Morgan fingerprint density at radius 3 is 2.31 bits per heavy atom. The Hall–Kier alpha value is -3.76. The molecule has 42 heavy (non-hydrogen) atoms. The lowest BCUT2D eigenvalue weighted by Gasteiger charge is -2.35. The number of nitrogen functional groups attached to an aromatic ring is 1. The predicted octanol–water partition coefficient (Wildman–Crippen LogP) is 5.86. The number of amides is 2. The number of piperazine rings is 1. The molecular formula is C30H33Cl2FN4O5. The summed E-state index contributed by atoms with van der Waals surface area (Å²) in [7, 11) is 0. The molecule has 1 saturated heterocycles. The maximum absolute atomic E-state index is 13.8. The van der Waals surface area contributed by atoms with Gasteiger partial charge in [0.2, 0.25) is 0 Å². The number of ether oxygens (including phenoxy) is 3. The first-order valence-electron chi connectivity index (χ1n) is 13.4. The van der Waals surface area contributed by atoms with E-state index < -0.39 is 11.4 Å². The van der Waals surface area contributed by atoms with E-state index in [-0.39, 0.29) is 42.5 Å². The Kier molecular flexibility index (Phi) is 10.0. The van der Waals surface area contributed by atoms with Crippen molar-refractivity contribution in [3.8, 4) is 22.6 Å². The molecule has 0 saturated carbocycles. The van der Waals surface area contributed by atoms with E-state index in [9.17, 15) is 14.0 Å². The van der Waals surface area contributed by atoms with Gasteiger partial charge in [-0.3, -0.25) is 4.79 Å². The Morgan fingerprint density at radius 2 is 1.64 bits per heavy atom. The third kappa shape index (κ3) is 8.17. The molecule has 2 heterocycles. The van der Waals surface area contributed by atoms with Crippen LogP contribution in [0.4, 0.5) is 15.0 Å². The van der Waals surface area contributed by atoms with Gasteiger partial charge in [-0.05, 0) is 62.2 Å². The maximum atomic E-state index is 13.8. The van der Waals surface area contributed by atoms with Gasteiger partial charge in [0, 0.05) is 49.4 Å². The molecule has 0 aliphatic carbocycles. The highest BCUT2D eigenvalue weighted by molar-refractivity contribution is 6.36. The van der Waals surface area contributed by atoms with Crippen LogP contribution in [0.5, 0.6) is 11.5 Å². The number of hydrogen-bond acceptors (Lipinski definition) is 7. The molecule has 2 amide bonds. The van der Waals surface area contributed by atoms with Crippen molar-refractivity contribution in [2.45, 2.75) is 32.8 Å². The lowest BCUT2D eigenvalue weighted by atomic mass is 10.1. The average Bonchev–Trinajstić information content (AvgIpc) is 2.96. The van der Waals surface area contributed by atoms with E-state index in [1.165, 1.54) is 12.1 Å². The van der Waals surface area contributed by atoms with Gasteiger partial charge in [-0.2, -0.15) is 0 Å². The molecule has 1 aliphatic rings. The smallest absolute Gasteiger partial charge is 0.410 e. The fourth-order valence-corrected chi connectivity index (χ4v) is 4.79. The minimum Gasteiger partial charge on any atom is -0.489 e. The topological polar surface area (TPSA) is 107 Å². The normalized spacial score (nSPS) is 13.6. The van der Waals surface area contributed by atoms with E-state index in [4.69, 9.17) is 43.1 Å². The molecule has 3 aromatic rings. The van der Waals surface area contributed by atoms with Crippen molar-refractivity contribution < 1.29 is 28.2 Å². The van der Waals surface area contributed by atoms with Crippen molar-refractivity contribution in [1.82, 2.24) is 14.8 Å². The number of benzene rings is 2. The number of nitrogens with two attached hydrogens (primary N) is 1. The Morgan fingerprint density at radius 1 is 0.976 bits per heavy atom. The third-order valence-corrected chi connectivity index (χ3v) is 7.23. The minimum absolute atomic E-state index is 0.0317. The average molecular weight is 620 g/mol. The van der Waals surface area contributed by atoms with E-state index >= 15 is 0 Å². The molecule has 0 bridgehead atoms. The molecule has 1 fully saturated rings. The molecule has 9 nitrogen and oxygen atoms in total. The highest BCUT2D eigenvalue weighted by Gasteiger charge is 2.27. The molecule has 0 atom stereocenters. The van der Waals surface area contributed by atoms with Gasteiger partial charge in [0.15, 0.2) is 18.2 Å². The minimum atomic E-state index is -0.566. The zero-order chi connectivity index (χ0) is 30.4. The van der Waals surface area contributed by atoms with Crippen LogP contribution >= 0.6 is 23.2 Å². The fraction of sp³-hybridized carbons (Fsp3) is 0.367. The Bertz CT molecular complexity index is 1420. The number of hydrogen-bond donors (Lipinski definition) is 1. The number of anilines is 1. The second-order valence-electron chi connectivity index (χ2n) is 10.7. The summed E-state index contributed by atoms with van der Waals surface area (Å²) in [6, 6.07) is 11.6. The first-order valence-corrected chi connectivity index (χ1v) is 14.2. The number of carbonyl (C=O) groups excluding carboxylic acids is 2. The molecule has 2 N–H and O–H groups in total. The maximum Gasteiger partial charge on any atom is 0.410 e. The van der Waals surface area contributed by atoms with Gasteiger partial charge < -0.3 is 29.7 Å². The van der Waals surface area contributed by atoms with Crippen LogP contribution in [0, 0.1) is 5.82 Å². The summed E-state index contributed by atoms with van der Waals surface area (Å²) in [5.74, 6) is 0.403. The van der Waals surface area contributed by atoms with Gasteiger partial charge in [0.05, 0.1) is 11.6 Å². The molecule has 1 aliphatic heterocycles. The van der Waals surface area contributed by atoms with Gasteiger partial charge in [-0.1, -0.05) is 35.3 Å². The lowest BCUT2D eigenvalue weighted by molar-refractivity contribution is -0.135. The van der Waals surface area contributed by atoms with E-state index in [1.807, 2.05) is 32.9 Å². The number of carbonyl (C=O) groups is 2. The predicted molar refractivity (Wildman–Crippen MR) is 160 cm³/mol. The van der Waals surface area contributed by atoms with Crippen molar-refractivity contribution in [3.05, 3.63) is 70.1 Å². The molecule has 4 rings (SSSR count). The molecule has 2 aromatic carbocycles. The van der Waals surface area contributed by atoms with Crippen LogP contribution < -0.4 is 15.2 Å². The standard InChI is InChI=1S/C30H33Cl2FN4O5/c1-30(2,3)42-29(39)37-13-11-36(12-14-37)26(38)18-41-21-6-4-19(5-7-21)20-16-25(28(34)35-17-20)40-15-10-22-23(31)8-9-24(33)27(22)32/h4-9,16-17H,10-15,18H2,1-3H3,(H2,34,35). The molecular weight excluding hydrogens is 586 g/mol. The van der Waals surface area contributed by atoms with E-state index in [1.54, 1.807) is 34.2 Å². The second-order valence-corrected chi connectivity index (χ2v) is 11.5. The number of halogens is 3. The fourth-order valence-electron chi connectivity index (χ4n) is 4.23. The van der Waals surface area contributed by atoms with Crippen LogP contribution in [0.2, 0.25) is 10.0 Å². The van der Waals surface area contributed by atoms with Crippen molar-refractivity contribution in [2.24, 2.45) is 0 Å². The molecule has 224 valence electrons. The summed E-state index contributed by atoms with van der Waals surface area (Å²) in [6.07, 6.45) is 1.53. The Labute approximate surface area is 254 Å². The number of pyridine rings is 1. The number of nitrogens with zero attached hydrogens (tertiary/aromatic N) is 3. The van der Waals surface area contributed by atoms with Gasteiger partial charge in [-0.15, -0.1) is 0 Å². The van der Waals surface area contributed by atoms with E-state index in [0.29, 0.717) is 48.3 Å². The van der Waals surface area contributed by atoms with Crippen LogP contribution in [0.1, 0.15) is 26.3 Å². The van der Waals surface area contributed by atoms with Gasteiger partial charge in [-0.25, -0.2) is 14.2 Å². The molecule has 12 heteroatoms.